The van der Waals surface area contributed by atoms with Crippen LogP contribution in [0.1, 0.15) is 18.1 Å². The smallest absolute Gasteiger partial charge is 0.179 e. The van der Waals surface area contributed by atoms with Gasteiger partial charge < -0.3 is 4.90 Å². The van der Waals surface area contributed by atoms with Crippen LogP contribution in [0.4, 0.5) is 0 Å². The SMILES string of the molecule is CCc1ccc(CN(C)CCS(=O)(=O)c2ccc(Cl)cc2)cc1. The van der Waals surface area contributed by atoms with Crippen LogP contribution in [0, 0.1) is 0 Å². The molecule has 0 aliphatic rings. The summed E-state index contributed by atoms with van der Waals surface area (Å²) < 4.78 is 24.6. The molecule has 0 aliphatic heterocycles. The highest BCUT2D eigenvalue weighted by Crippen LogP contribution is 2.16. The largest absolute Gasteiger partial charge is 0.301 e. The molecule has 0 saturated carbocycles. The van der Waals surface area contributed by atoms with Crippen LogP contribution in [0.2, 0.25) is 5.02 Å². The van der Waals surface area contributed by atoms with Crippen LogP contribution < -0.4 is 0 Å². The zero-order valence-corrected chi connectivity index (χ0v) is 15.1. The van der Waals surface area contributed by atoms with Gasteiger partial charge in [-0.05, 0) is 48.9 Å². The number of nitrogens with zero attached hydrogens (tertiary/aromatic N) is 1. The minimum atomic E-state index is -3.28. The van der Waals surface area contributed by atoms with E-state index in [1.165, 1.54) is 11.1 Å². The van der Waals surface area contributed by atoms with Crippen molar-refractivity contribution < 1.29 is 8.42 Å². The Hall–Kier alpha value is -1.36. The monoisotopic (exact) mass is 351 g/mol. The molecule has 2 rings (SSSR count). The number of benzene rings is 2. The summed E-state index contributed by atoms with van der Waals surface area (Å²) in [5.74, 6) is 0.0954. The minimum absolute atomic E-state index is 0.0954. The summed E-state index contributed by atoms with van der Waals surface area (Å²) in [6.45, 7) is 3.35. The lowest BCUT2D eigenvalue weighted by Crippen LogP contribution is -2.25. The summed E-state index contributed by atoms with van der Waals surface area (Å²) in [6, 6.07) is 14.8. The summed E-state index contributed by atoms with van der Waals surface area (Å²) in [5, 5.41) is 0.539. The molecule has 0 radical (unpaired) electrons. The van der Waals surface area contributed by atoms with Crippen molar-refractivity contribution in [3.63, 3.8) is 0 Å². The Balaban J connectivity index is 1.92. The predicted molar refractivity (Wildman–Crippen MR) is 95.7 cm³/mol. The van der Waals surface area contributed by atoms with E-state index in [0.29, 0.717) is 16.5 Å². The van der Waals surface area contributed by atoms with Gasteiger partial charge in [0.05, 0.1) is 10.6 Å². The normalized spacial score (nSPS) is 11.8. The Morgan fingerprint density at radius 2 is 1.52 bits per heavy atom. The van der Waals surface area contributed by atoms with Crippen molar-refractivity contribution >= 4 is 21.4 Å². The standard InChI is InChI=1S/C18H22ClNO2S/c1-3-15-4-6-16(7-5-15)14-20(2)12-13-23(21,22)18-10-8-17(19)9-11-18/h4-11H,3,12-14H2,1-2H3. The molecule has 0 atom stereocenters. The van der Waals surface area contributed by atoms with Gasteiger partial charge in [0, 0.05) is 18.1 Å². The molecular weight excluding hydrogens is 330 g/mol. The van der Waals surface area contributed by atoms with E-state index in [9.17, 15) is 8.42 Å². The van der Waals surface area contributed by atoms with Gasteiger partial charge in [-0.2, -0.15) is 0 Å². The van der Waals surface area contributed by atoms with Crippen LogP contribution in [-0.4, -0.2) is 32.7 Å². The van der Waals surface area contributed by atoms with E-state index in [4.69, 9.17) is 11.6 Å². The zero-order valence-electron chi connectivity index (χ0n) is 13.5. The molecule has 0 spiro atoms. The van der Waals surface area contributed by atoms with E-state index >= 15 is 0 Å². The molecule has 2 aromatic carbocycles. The predicted octanol–water partition coefficient (Wildman–Crippen LogP) is 3.81. The van der Waals surface area contributed by atoms with Crippen molar-refractivity contribution in [2.24, 2.45) is 0 Å². The van der Waals surface area contributed by atoms with Gasteiger partial charge in [-0.3, -0.25) is 0 Å². The third-order valence-corrected chi connectivity index (χ3v) is 5.76. The Morgan fingerprint density at radius 3 is 2.09 bits per heavy atom. The number of halogens is 1. The van der Waals surface area contributed by atoms with Crippen molar-refractivity contribution in [1.82, 2.24) is 4.90 Å². The molecule has 0 aliphatic carbocycles. The van der Waals surface area contributed by atoms with Gasteiger partial charge in [-0.25, -0.2) is 8.42 Å². The zero-order chi connectivity index (χ0) is 16.9. The van der Waals surface area contributed by atoms with Gasteiger partial charge in [0.25, 0.3) is 0 Å². The maximum absolute atomic E-state index is 12.3. The molecule has 0 aromatic heterocycles. The van der Waals surface area contributed by atoms with Crippen molar-refractivity contribution in [3.05, 3.63) is 64.7 Å². The Morgan fingerprint density at radius 1 is 0.957 bits per heavy atom. The maximum Gasteiger partial charge on any atom is 0.179 e. The lowest BCUT2D eigenvalue weighted by Gasteiger charge is -2.17. The average molecular weight is 352 g/mol. The second-order valence-corrected chi connectivity index (χ2v) is 8.23. The minimum Gasteiger partial charge on any atom is -0.301 e. The Labute approximate surface area is 143 Å². The van der Waals surface area contributed by atoms with E-state index < -0.39 is 9.84 Å². The summed E-state index contributed by atoms with van der Waals surface area (Å²) in [5.41, 5.74) is 2.50. The average Bonchev–Trinajstić information content (AvgIpc) is 2.54. The highest BCUT2D eigenvalue weighted by molar-refractivity contribution is 7.91. The molecule has 0 unspecified atom stereocenters. The summed E-state index contributed by atoms with van der Waals surface area (Å²) in [4.78, 5) is 2.34. The molecule has 0 bridgehead atoms. The van der Waals surface area contributed by atoms with Crippen molar-refractivity contribution in [2.75, 3.05) is 19.3 Å². The fourth-order valence-electron chi connectivity index (χ4n) is 2.31. The first-order chi connectivity index (χ1) is 10.9. The van der Waals surface area contributed by atoms with Gasteiger partial charge in [-0.1, -0.05) is 42.8 Å². The molecule has 0 fully saturated rings. The molecule has 23 heavy (non-hydrogen) atoms. The first-order valence-corrected chi connectivity index (χ1v) is 9.68. The van der Waals surface area contributed by atoms with Crippen LogP contribution in [-0.2, 0) is 22.8 Å². The lowest BCUT2D eigenvalue weighted by molar-refractivity contribution is 0.346. The molecule has 5 heteroatoms. The Kier molecular flexibility index (Phi) is 6.22. The summed E-state index contributed by atoms with van der Waals surface area (Å²) in [6.07, 6.45) is 1.02. The first kappa shape index (κ1) is 18.0. The molecule has 0 amide bonds. The second-order valence-electron chi connectivity index (χ2n) is 5.68. The topological polar surface area (TPSA) is 37.4 Å². The molecule has 0 N–H and O–H groups in total. The highest BCUT2D eigenvalue weighted by atomic mass is 35.5. The molecular formula is C18H22ClNO2S. The van der Waals surface area contributed by atoms with Crippen LogP contribution in [0.3, 0.4) is 0 Å². The van der Waals surface area contributed by atoms with Crippen LogP contribution in [0.25, 0.3) is 0 Å². The van der Waals surface area contributed by atoms with Gasteiger partial charge >= 0.3 is 0 Å². The molecule has 0 saturated heterocycles. The first-order valence-electron chi connectivity index (χ1n) is 7.65. The van der Waals surface area contributed by atoms with E-state index in [1.54, 1.807) is 24.3 Å². The Bertz CT molecular complexity index is 725. The van der Waals surface area contributed by atoms with Gasteiger partial charge in [-0.15, -0.1) is 0 Å². The van der Waals surface area contributed by atoms with Gasteiger partial charge in [0.2, 0.25) is 0 Å². The van der Waals surface area contributed by atoms with Crippen molar-refractivity contribution in [3.8, 4) is 0 Å². The second kappa shape index (κ2) is 7.95. The molecule has 3 nitrogen and oxygen atoms in total. The molecule has 0 heterocycles. The van der Waals surface area contributed by atoms with Crippen molar-refractivity contribution in [1.29, 1.82) is 0 Å². The number of sulfone groups is 1. The summed E-state index contributed by atoms with van der Waals surface area (Å²) >= 11 is 5.80. The van der Waals surface area contributed by atoms with E-state index in [2.05, 4.69) is 31.2 Å². The number of rotatable bonds is 7. The fourth-order valence-corrected chi connectivity index (χ4v) is 3.77. The number of hydrogen-bond donors (Lipinski definition) is 0. The van der Waals surface area contributed by atoms with E-state index in [1.807, 2.05) is 11.9 Å². The number of aryl methyl sites for hydroxylation is 1. The summed E-state index contributed by atoms with van der Waals surface area (Å²) in [7, 11) is -1.34. The van der Waals surface area contributed by atoms with E-state index in [0.717, 1.165) is 13.0 Å². The van der Waals surface area contributed by atoms with Crippen molar-refractivity contribution in [2.45, 2.75) is 24.8 Å². The highest BCUT2D eigenvalue weighted by Gasteiger charge is 2.15. The number of hydrogen-bond acceptors (Lipinski definition) is 3. The third-order valence-electron chi connectivity index (χ3n) is 3.80. The third kappa shape index (κ3) is 5.34. The molecule has 124 valence electrons. The quantitative estimate of drug-likeness (QED) is 0.761. The van der Waals surface area contributed by atoms with Gasteiger partial charge in [0.15, 0.2) is 9.84 Å². The van der Waals surface area contributed by atoms with Crippen LogP contribution in [0.15, 0.2) is 53.4 Å². The maximum atomic E-state index is 12.3. The van der Waals surface area contributed by atoms with E-state index in [-0.39, 0.29) is 5.75 Å². The van der Waals surface area contributed by atoms with Gasteiger partial charge in [0.1, 0.15) is 0 Å². The fraction of sp³-hybridized carbons (Fsp3) is 0.333. The molecule has 2 aromatic rings. The lowest BCUT2D eigenvalue weighted by atomic mass is 10.1. The van der Waals surface area contributed by atoms with Crippen LogP contribution >= 0.6 is 11.6 Å². The van der Waals surface area contributed by atoms with Crippen LogP contribution in [0.5, 0.6) is 0 Å².